The van der Waals surface area contributed by atoms with Crippen molar-refractivity contribution in [1.82, 2.24) is 0 Å². The summed E-state index contributed by atoms with van der Waals surface area (Å²) in [6, 6.07) is 0. The van der Waals surface area contributed by atoms with Crippen molar-refractivity contribution in [3.8, 4) is 0 Å². The number of phosphoric acid groups is 2. The van der Waals surface area contributed by atoms with Gasteiger partial charge < -0.3 is 33.8 Å². The Balaban J connectivity index is 5.05. The zero-order valence-corrected chi connectivity index (χ0v) is 55.7. The van der Waals surface area contributed by atoms with Crippen molar-refractivity contribution >= 4 is 39.5 Å². The Bertz CT molecular complexity index is 1620. The molecule has 0 saturated carbocycles. The Morgan fingerprint density at radius 2 is 0.476 bits per heavy atom. The van der Waals surface area contributed by atoms with Gasteiger partial charge in [-0.25, -0.2) is 9.13 Å². The minimum absolute atomic E-state index is 0.0992. The number of rotatable bonds is 66. The molecule has 0 saturated heterocycles. The van der Waals surface area contributed by atoms with E-state index in [2.05, 4.69) is 27.7 Å². The van der Waals surface area contributed by atoms with Gasteiger partial charge in [0, 0.05) is 25.7 Å². The Morgan fingerprint density at radius 1 is 0.286 bits per heavy atom. The van der Waals surface area contributed by atoms with Gasteiger partial charge in [-0.1, -0.05) is 285 Å². The molecule has 498 valence electrons. The molecule has 0 aromatic rings. The number of ether oxygens (including phenoxy) is 4. The highest BCUT2D eigenvalue weighted by atomic mass is 31.2. The van der Waals surface area contributed by atoms with Crippen LogP contribution in [0.25, 0.3) is 0 Å². The summed E-state index contributed by atoms with van der Waals surface area (Å²) < 4.78 is 67.6. The van der Waals surface area contributed by atoms with Crippen LogP contribution in [-0.2, 0) is 65.4 Å². The van der Waals surface area contributed by atoms with Gasteiger partial charge >= 0.3 is 39.5 Å². The zero-order chi connectivity index (χ0) is 61.9. The summed E-state index contributed by atoms with van der Waals surface area (Å²) in [5.74, 6) is -2.15. The third-order valence-electron chi connectivity index (χ3n) is 15.1. The molecular weight excluding hydrogens is 1110 g/mol. The predicted octanol–water partition coefficient (Wildman–Crippen LogP) is 18.3. The van der Waals surface area contributed by atoms with E-state index in [0.29, 0.717) is 25.7 Å². The summed E-state index contributed by atoms with van der Waals surface area (Å²) in [4.78, 5) is 71.7. The smallest absolute Gasteiger partial charge is 0.462 e. The van der Waals surface area contributed by atoms with Gasteiger partial charge in [0.05, 0.1) is 26.4 Å². The van der Waals surface area contributed by atoms with E-state index >= 15 is 0 Å². The van der Waals surface area contributed by atoms with Crippen molar-refractivity contribution in [2.75, 3.05) is 39.6 Å². The van der Waals surface area contributed by atoms with Crippen molar-refractivity contribution in [2.24, 2.45) is 0 Å². The second-order valence-electron chi connectivity index (χ2n) is 23.5. The van der Waals surface area contributed by atoms with Gasteiger partial charge in [0.25, 0.3) is 0 Å². The summed E-state index contributed by atoms with van der Waals surface area (Å²) in [5, 5.41) is 10.5. The van der Waals surface area contributed by atoms with E-state index in [4.69, 9.17) is 37.0 Å². The van der Waals surface area contributed by atoms with Crippen LogP contribution in [0, 0.1) is 0 Å². The van der Waals surface area contributed by atoms with E-state index in [1.165, 1.54) is 161 Å². The molecule has 3 N–H and O–H groups in total. The highest BCUT2D eigenvalue weighted by Gasteiger charge is 2.30. The van der Waals surface area contributed by atoms with Crippen molar-refractivity contribution in [3.05, 3.63) is 0 Å². The highest BCUT2D eigenvalue weighted by molar-refractivity contribution is 7.47. The molecule has 0 amide bonds. The number of hydrogen-bond acceptors (Lipinski definition) is 15. The number of unbranched alkanes of at least 4 members (excludes halogenated alkanes) is 40. The van der Waals surface area contributed by atoms with Crippen LogP contribution >= 0.6 is 15.6 Å². The van der Waals surface area contributed by atoms with Crippen LogP contribution in [0.5, 0.6) is 0 Å². The molecule has 0 aromatic carbocycles. The molecule has 0 fully saturated rings. The maximum atomic E-state index is 13.0. The second kappa shape index (κ2) is 60.0. The molecule has 0 bridgehead atoms. The minimum atomic E-state index is -4.94. The van der Waals surface area contributed by atoms with Gasteiger partial charge in [-0.05, 0) is 25.7 Å². The first-order valence-corrected chi connectivity index (χ1v) is 37.3. The number of esters is 4. The van der Waals surface area contributed by atoms with Crippen LogP contribution in [0.3, 0.4) is 0 Å². The van der Waals surface area contributed by atoms with E-state index in [0.717, 1.165) is 96.3 Å². The molecule has 0 aliphatic rings. The molecule has 84 heavy (non-hydrogen) atoms. The lowest BCUT2D eigenvalue weighted by atomic mass is 10.0. The standard InChI is InChI=1S/C65H126O17P2/c1-5-9-13-17-19-21-23-25-27-28-29-30-31-32-34-36-38-40-44-48-52-65(70)82-61(56-76-63(68)50-46-43-39-37-35-33-26-24-22-20-18-14-10-6-2)58-80-84(73,74)78-54-59(66)53-77-83(71,72)79-57-60(81-64(69)51-47-42-16-12-8-4)55-75-62(67)49-45-41-15-11-7-3/h59-61,66H,5-58H2,1-4H3,(H,71,72)(H,73,74)/t59-,60+,61+/m0/s1. The van der Waals surface area contributed by atoms with Crippen LogP contribution in [0.4, 0.5) is 0 Å². The Morgan fingerprint density at radius 3 is 0.702 bits per heavy atom. The summed E-state index contributed by atoms with van der Waals surface area (Å²) in [6.07, 6.45) is 46.8. The van der Waals surface area contributed by atoms with Crippen LogP contribution < -0.4 is 0 Å². The van der Waals surface area contributed by atoms with E-state index in [1.807, 2.05) is 0 Å². The Hall–Kier alpha value is -1.94. The van der Waals surface area contributed by atoms with Gasteiger partial charge in [-0.3, -0.25) is 37.3 Å². The number of hydrogen-bond donors (Lipinski definition) is 3. The third-order valence-corrected chi connectivity index (χ3v) is 17.0. The molecule has 0 heterocycles. The van der Waals surface area contributed by atoms with E-state index in [-0.39, 0.29) is 25.7 Å². The monoisotopic (exact) mass is 1240 g/mol. The van der Waals surface area contributed by atoms with E-state index in [9.17, 15) is 43.2 Å². The molecule has 0 spiro atoms. The molecule has 2 unspecified atom stereocenters. The van der Waals surface area contributed by atoms with Gasteiger partial charge in [-0.15, -0.1) is 0 Å². The van der Waals surface area contributed by atoms with Crippen LogP contribution in [0.15, 0.2) is 0 Å². The molecule has 0 aliphatic heterocycles. The summed E-state index contributed by atoms with van der Waals surface area (Å²) >= 11 is 0. The lowest BCUT2D eigenvalue weighted by Crippen LogP contribution is -2.30. The molecule has 0 aromatic heterocycles. The fourth-order valence-corrected chi connectivity index (χ4v) is 11.4. The van der Waals surface area contributed by atoms with Crippen molar-refractivity contribution in [3.63, 3.8) is 0 Å². The number of carbonyl (C=O) groups excluding carboxylic acids is 4. The largest absolute Gasteiger partial charge is 0.472 e. The lowest BCUT2D eigenvalue weighted by Gasteiger charge is -2.21. The highest BCUT2D eigenvalue weighted by Crippen LogP contribution is 2.45. The number of carbonyl (C=O) groups is 4. The van der Waals surface area contributed by atoms with Crippen LogP contribution in [0.2, 0.25) is 0 Å². The predicted molar refractivity (Wildman–Crippen MR) is 335 cm³/mol. The normalized spacial score (nSPS) is 14.1. The number of aliphatic hydroxyl groups excluding tert-OH is 1. The maximum absolute atomic E-state index is 13.0. The Labute approximate surface area is 511 Å². The van der Waals surface area contributed by atoms with Gasteiger partial charge in [-0.2, -0.15) is 0 Å². The summed E-state index contributed by atoms with van der Waals surface area (Å²) in [6.45, 7) is 4.72. The molecule has 19 heteroatoms. The SMILES string of the molecule is CCCCCCCCCCCCCCCCCCCCCCC(=O)O[C@H](COC(=O)CCCCCCCCCCCCCCCC)COP(=O)(O)OC[C@@H](O)COP(=O)(O)OC[C@@H](COC(=O)CCCCCCC)OC(=O)CCCCCCC. The molecule has 17 nitrogen and oxygen atoms in total. The fraction of sp³-hybridized carbons (Fsp3) is 0.938. The molecular formula is C65H126O17P2. The molecule has 0 aliphatic carbocycles. The summed E-state index contributed by atoms with van der Waals surface area (Å²) in [7, 11) is -9.87. The average molecular weight is 1240 g/mol. The first-order chi connectivity index (χ1) is 40.7. The van der Waals surface area contributed by atoms with Crippen molar-refractivity contribution < 1.29 is 80.2 Å². The van der Waals surface area contributed by atoms with Gasteiger partial charge in [0.15, 0.2) is 12.2 Å². The quantitative estimate of drug-likeness (QED) is 0.0222. The second-order valence-corrected chi connectivity index (χ2v) is 26.4. The fourth-order valence-electron chi connectivity index (χ4n) is 9.81. The van der Waals surface area contributed by atoms with Crippen LogP contribution in [-0.4, -0.2) is 96.7 Å². The lowest BCUT2D eigenvalue weighted by molar-refractivity contribution is -0.161. The van der Waals surface area contributed by atoms with E-state index in [1.54, 1.807) is 0 Å². The van der Waals surface area contributed by atoms with Crippen LogP contribution in [0.1, 0.15) is 336 Å². The maximum Gasteiger partial charge on any atom is 0.472 e. The topological polar surface area (TPSA) is 237 Å². The third kappa shape index (κ3) is 59.0. The molecule has 0 rings (SSSR count). The number of aliphatic hydroxyl groups is 1. The average Bonchev–Trinajstić information content (AvgIpc) is 3.57. The van der Waals surface area contributed by atoms with Crippen molar-refractivity contribution in [1.29, 1.82) is 0 Å². The van der Waals surface area contributed by atoms with Crippen molar-refractivity contribution in [2.45, 2.75) is 354 Å². The summed E-state index contributed by atoms with van der Waals surface area (Å²) in [5.41, 5.74) is 0. The first kappa shape index (κ1) is 82.1. The van der Waals surface area contributed by atoms with Gasteiger partial charge in [0.2, 0.25) is 0 Å². The zero-order valence-electron chi connectivity index (χ0n) is 53.9. The molecule has 5 atom stereocenters. The number of phosphoric ester groups is 2. The van der Waals surface area contributed by atoms with E-state index < -0.39 is 97.5 Å². The first-order valence-electron chi connectivity index (χ1n) is 34.3. The van der Waals surface area contributed by atoms with Gasteiger partial charge in [0.1, 0.15) is 19.3 Å². The molecule has 0 radical (unpaired) electrons. The Kier molecular flexibility index (Phi) is 58.6. The minimum Gasteiger partial charge on any atom is -0.462 e.